The number of hydrogen-bond acceptors (Lipinski definition) is 2. The number of nitrogens with zero attached hydrogens (tertiary/aromatic N) is 1. The third kappa shape index (κ3) is 2.28. The van der Waals surface area contributed by atoms with E-state index in [-0.39, 0.29) is 11.8 Å². The Morgan fingerprint density at radius 3 is 2.38 bits per heavy atom. The van der Waals surface area contributed by atoms with Crippen molar-refractivity contribution in [3.05, 3.63) is 35.9 Å². The van der Waals surface area contributed by atoms with Crippen molar-refractivity contribution in [2.24, 2.45) is 0 Å². The standard InChI is InChI=1S/C14H21NO/c1-11-10-15(14(2,3)4)13(16-11)12-8-6-5-7-9-12/h5-9,11,13H,10H2,1-4H3. The van der Waals surface area contributed by atoms with E-state index in [4.69, 9.17) is 4.74 Å². The summed E-state index contributed by atoms with van der Waals surface area (Å²) in [5, 5.41) is 0. The Hall–Kier alpha value is -0.860. The molecular formula is C14H21NO. The fourth-order valence-electron chi connectivity index (χ4n) is 2.21. The first kappa shape index (κ1) is 11.6. The van der Waals surface area contributed by atoms with Crippen LogP contribution in [-0.2, 0) is 4.74 Å². The third-order valence-corrected chi connectivity index (χ3v) is 3.04. The van der Waals surface area contributed by atoms with Gasteiger partial charge in [-0.05, 0) is 33.3 Å². The third-order valence-electron chi connectivity index (χ3n) is 3.04. The Balaban J connectivity index is 2.26. The van der Waals surface area contributed by atoms with Crippen LogP contribution in [0.1, 0.15) is 39.5 Å². The highest BCUT2D eigenvalue weighted by molar-refractivity contribution is 5.18. The molecule has 1 fully saturated rings. The molecule has 0 radical (unpaired) electrons. The van der Waals surface area contributed by atoms with Crippen LogP contribution in [0.3, 0.4) is 0 Å². The molecule has 1 aliphatic rings. The zero-order valence-corrected chi connectivity index (χ0v) is 10.6. The van der Waals surface area contributed by atoms with E-state index in [1.54, 1.807) is 0 Å². The van der Waals surface area contributed by atoms with Gasteiger partial charge < -0.3 is 4.74 Å². The van der Waals surface area contributed by atoms with Gasteiger partial charge in [0.05, 0.1) is 6.10 Å². The van der Waals surface area contributed by atoms with Gasteiger partial charge in [0, 0.05) is 12.1 Å². The van der Waals surface area contributed by atoms with Crippen molar-refractivity contribution in [3.63, 3.8) is 0 Å². The van der Waals surface area contributed by atoms with Gasteiger partial charge in [-0.25, -0.2) is 0 Å². The van der Waals surface area contributed by atoms with Gasteiger partial charge in [0.25, 0.3) is 0 Å². The SMILES string of the molecule is CC1CN(C(C)(C)C)C(c2ccccc2)O1. The van der Waals surface area contributed by atoms with E-state index in [0.29, 0.717) is 6.10 Å². The van der Waals surface area contributed by atoms with Crippen molar-refractivity contribution >= 4 is 0 Å². The summed E-state index contributed by atoms with van der Waals surface area (Å²) in [5.41, 5.74) is 1.40. The highest BCUT2D eigenvalue weighted by atomic mass is 16.5. The summed E-state index contributed by atoms with van der Waals surface area (Å²) in [4.78, 5) is 2.42. The fraction of sp³-hybridized carbons (Fsp3) is 0.571. The van der Waals surface area contributed by atoms with Crippen LogP contribution in [0.25, 0.3) is 0 Å². The second-order valence-electron chi connectivity index (χ2n) is 5.53. The second-order valence-corrected chi connectivity index (χ2v) is 5.53. The molecule has 0 spiro atoms. The molecule has 2 nitrogen and oxygen atoms in total. The molecule has 2 atom stereocenters. The van der Waals surface area contributed by atoms with Crippen molar-refractivity contribution in [1.82, 2.24) is 4.90 Å². The van der Waals surface area contributed by atoms with Crippen molar-refractivity contribution in [1.29, 1.82) is 0 Å². The van der Waals surface area contributed by atoms with Crippen LogP contribution in [0.4, 0.5) is 0 Å². The molecule has 1 heterocycles. The van der Waals surface area contributed by atoms with Crippen LogP contribution < -0.4 is 0 Å². The van der Waals surface area contributed by atoms with Gasteiger partial charge in [-0.1, -0.05) is 30.3 Å². The van der Waals surface area contributed by atoms with E-state index in [2.05, 4.69) is 56.9 Å². The zero-order valence-electron chi connectivity index (χ0n) is 10.6. The molecule has 2 unspecified atom stereocenters. The Labute approximate surface area is 98.2 Å². The molecule has 0 aliphatic carbocycles. The van der Waals surface area contributed by atoms with E-state index in [0.717, 1.165) is 6.54 Å². The second kappa shape index (κ2) is 4.19. The Morgan fingerprint density at radius 1 is 1.19 bits per heavy atom. The maximum Gasteiger partial charge on any atom is 0.137 e. The van der Waals surface area contributed by atoms with Crippen LogP contribution in [-0.4, -0.2) is 23.1 Å². The Kier molecular flexibility index (Phi) is 3.04. The lowest BCUT2D eigenvalue weighted by Crippen LogP contribution is -2.41. The summed E-state index contributed by atoms with van der Waals surface area (Å²) in [7, 11) is 0. The molecule has 1 aromatic carbocycles. The molecule has 0 aromatic heterocycles. The number of hydrogen-bond donors (Lipinski definition) is 0. The maximum atomic E-state index is 6.01. The van der Waals surface area contributed by atoms with Crippen molar-refractivity contribution in [3.8, 4) is 0 Å². The quantitative estimate of drug-likeness (QED) is 0.719. The molecule has 16 heavy (non-hydrogen) atoms. The van der Waals surface area contributed by atoms with E-state index in [1.807, 2.05) is 6.07 Å². The first-order valence-corrected chi connectivity index (χ1v) is 5.95. The first-order valence-electron chi connectivity index (χ1n) is 5.95. The lowest BCUT2D eigenvalue weighted by molar-refractivity contribution is -0.0275. The summed E-state index contributed by atoms with van der Waals surface area (Å²) in [5.74, 6) is 0. The topological polar surface area (TPSA) is 12.5 Å². The van der Waals surface area contributed by atoms with Gasteiger partial charge in [0.1, 0.15) is 6.23 Å². The van der Waals surface area contributed by atoms with Crippen LogP contribution in [0, 0.1) is 0 Å². The van der Waals surface area contributed by atoms with Gasteiger partial charge in [-0.3, -0.25) is 4.90 Å². The van der Waals surface area contributed by atoms with Gasteiger partial charge in [0.15, 0.2) is 0 Å². The largest absolute Gasteiger partial charge is 0.355 e. The van der Waals surface area contributed by atoms with Crippen molar-refractivity contribution in [2.45, 2.75) is 45.6 Å². The van der Waals surface area contributed by atoms with E-state index < -0.39 is 0 Å². The normalized spacial score (nSPS) is 27.2. The van der Waals surface area contributed by atoms with Crippen molar-refractivity contribution < 1.29 is 4.74 Å². The van der Waals surface area contributed by atoms with Gasteiger partial charge in [-0.2, -0.15) is 0 Å². The molecule has 1 saturated heterocycles. The van der Waals surface area contributed by atoms with Crippen LogP contribution in [0.5, 0.6) is 0 Å². The first-order chi connectivity index (χ1) is 7.48. The molecular weight excluding hydrogens is 198 g/mol. The van der Waals surface area contributed by atoms with Gasteiger partial charge in [0.2, 0.25) is 0 Å². The lowest BCUT2D eigenvalue weighted by Gasteiger charge is -2.35. The molecule has 0 bridgehead atoms. The average Bonchev–Trinajstić information content (AvgIpc) is 2.61. The highest BCUT2D eigenvalue weighted by Crippen LogP contribution is 2.35. The van der Waals surface area contributed by atoms with Crippen LogP contribution >= 0.6 is 0 Å². The van der Waals surface area contributed by atoms with E-state index >= 15 is 0 Å². The Morgan fingerprint density at radius 2 is 1.81 bits per heavy atom. The van der Waals surface area contributed by atoms with Gasteiger partial charge in [-0.15, -0.1) is 0 Å². The molecule has 0 N–H and O–H groups in total. The maximum absolute atomic E-state index is 6.01. The smallest absolute Gasteiger partial charge is 0.137 e. The van der Waals surface area contributed by atoms with Crippen LogP contribution in [0.2, 0.25) is 0 Å². The predicted octanol–water partition coefficient (Wildman–Crippen LogP) is 3.20. The minimum absolute atomic E-state index is 0.108. The fourth-order valence-corrected chi connectivity index (χ4v) is 2.21. The predicted molar refractivity (Wildman–Crippen MR) is 66.2 cm³/mol. The summed E-state index contributed by atoms with van der Waals surface area (Å²) in [6, 6.07) is 10.5. The highest BCUT2D eigenvalue weighted by Gasteiger charge is 2.37. The number of ether oxygens (including phenoxy) is 1. The zero-order chi connectivity index (χ0) is 11.8. The molecule has 88 valence electrons. The van der Waals surface area contributed by atoms with Crippen molar-refractivity contribution in [2.75, 3.05) is 6.54 Å². The summed E-state index contributed by atoms with van der Waals surface area (Å²) < 4.78 is 6.01. The molecule has 1 aliphatic heterocycles. The number of benzene rings is 1. The number of rotatable bonds is 1. The summed E-state index contributed by atoms with van der Waals surface area (Å²) in [6.07, 6.45) is 0.417. The molecule has 0 saturated carbocycles. The minimum atomic E-state index is 0.108. The molecule has 0 amide bonds. The lowest BCUT2D eigenvalue weighted by atomic mass is 10.0. The monoisotopic (exact) mass is 219 g/mol. The van der Waals surface area contributed by atoms with Crippen LogP contribution in [0.15, 0.2) is 30.3 Å². The molecule has 2 heteroatoms. The average molecular weight is 219 g/mol. The van der Waals surface area contributed by atoms with Gasteiger partial charge >= 0.3 is 0 Å². The minimum Gasteiger partial charge on any atom is -0.355 e. The molecule has 1 aromatic rings. The summed E-state index contributed by atoms with van der Waals surface area (Å²) in [6.45, 7) is 9.86. The molecule has 2 rings (SSSR count). The van der Waals surface area contributed by atoms with E-state index in [9.17, 15) is 0 Å². The Bertz CT molecular complexity index is 342. The summed E-state index contributed by atoms with van der Waals surface area (Å²) >= 11 is 0. The van der Waals surface area contributed by atoms with E-state index in [1.165, 1.54) is 5.56 Å².